The first-order valence-electron chi connectivity index (χ1n) is 6.46. The van der Waals surface area contributed by atoms with Gasteiger partial charge < -0.3 is 9.84 Å². The second-order valence-corrected chi connectivity index (χ2v) is 5.43. The third kappa shape index (κ3) is 3.28. The Kier molecular flexibility index (Phi) is 3.96. The molecule has 0 saturated heterocycles. The number of benzene rings is 1. The number of aromatic nitrogens is 3. The molecule has 2 heterocycles. The Morgan fingerprint density at radius 2 is 2.05 bits per heavy atom. The van der Waals surface area contributed by atoms with E-state index in [9.17, 15) is 0 Å². The molecule has 0 spiro atoms. The highest BCUT2D eigenvalue weighted by Crippen LogP contribution is 2.26. The minimum absolute atomic E-state index is 0.513. The van der Waals surface area contributed by atoms with Crippen molar-refractivity contribution in [2.45, 2.75) is 13.5 Å². The molecule has 0 amide bonds. The standard InChI is InChI=1S/C15H13BrN4O/c1-10-19-15(21-20-10)13-4-2-3-5-14(13)18-9-12-7-6-11(16)8-17-12/h2-8,18H,9H2,1H3. The first-order valence-corrected chi connectivity index (χ1v) is 7.26. The fourth-order valence-corrected chi connectivity index (χ4v) is 2.16. The highest BCUT2D eigenvalue weighted by Gasteiger charge is 2.10. The van der Waals surface area contributed by atoms with Gasteiger partial charge in [0, 0.05) is 16.4 Å². The molecule has 0 aliphatic heterocycles. The second-order valence-electron chi connectivity index (χ2n) is 4.51. The van der Waals surface area contributed by atoms with E-state index in [1.165, 1.54) is 0 Å². The minimum atomic E-state index is 0.513. The molecule has 0 aliphatic carbocycles. The van der Waals surface area contributed by atoms with E-state index in [-0.39, 0.29) is 0 Å². The van der Waals surface area contributed by atoms with Crippen LogP contribution in [0.4, 0.5) is 5.69 Å². The molecule has 0 atom stereocenters. The van der Waals surface area contributed by atoms with Crippen molar-refractivity contribution < 1.29 is 4.52 Å². The van der Waals surface area contributed by atoms with Crippen LogP contribution in [0, 0.1) is 6.92 Å². The third-order valence-electron chi connectivity index (χ3n) is 2.93. The van der Waals surface area contributed by atoms with Gasteiger partial charge in [0.1, 0.15) is 0 Å². The van der Waals surface area contributed by atoms with Gasteiger partial charge in [0.05, 0.1) is 17.8 Å². The summed E-state index contributed by atoms with van der Waals surface area (Å²) in [4.78, 5) is 8.61. The largest absolute Gasteiger partial charge is 0.379 e. The summed E-state index contributed by atoms with van der Waals surface area (Å²) in [5.41, 5.74) is 2.77. The number of nitrogens with zero attached hydrogens (tertiary/aromatic N) is 3. The van der Waals surface area contributed by atoms with Crippen LogP contribution in [0.2, 0.25) is 0 Å². The van der Waals surface area contributed by atoms with Gasteiger partial charge in [-0.15, -0.1) is 0 Å². The van der Waals surface area contributed by atoms with E-state index >= 15 is 0 Å². The topological polar surface area (TPSA) is 63.8 Å². The van der Waals surface area contributed by atoms with Crippen molar-refractivity contribution in [2.24, 2.45) is 0 Å². The number of nitrogens with one attached hydrogen (secondary N) is 1. The maximum absolute atomic E-state index is 5.24. The van der Waals surface area contributed by atoms with E-state index in [1.54, 1.807) is 13.1 Å². The van der Waals surface area contributed by atoms with Crippen molar-refractivity contribution in [3.8, 4) is 11.5 Å². The zero-order valence-electron chi connectivity index (χ0n) is 11.4. The van der Waals surface area contributed by atoms with Crippen LogP contribution in [0.25, 0.3) is 11.5 Å². The van der Waals surface area contributed by atoms with Crippen molar-refractivity contribution in [2.75, 3.05) is 5.32 Å². The summed E-state index contributed by atoms with van der Waals surface area (Å²) in [6.45, 7) is 2.42. The number of hydrogen-bond donors (Lipinski definition) is 1. The molecular weight excluding hydrogens is 332 g/mol. The molecule has 5 nitrogen and oxygen atoms in total. The number of rotatable bonds is 4. The van der Waals surface area contributed by atoms with Crippen LogP contribution in [0.5, 0.6) is 0 Å². The van der Waals surface area contributed by atoms with E-state index in [2.05, 4.69) is 36.4 Å². The summed E-state index contributed by atoms with van der Waals surface area (Å²) in [5, 5.41) is 7.18. The Morgan fingerprint density at radius 3 is 2.76 bits per heavy atom. The minimum Gasteiger partial charge on any atom is -0.379 e. The van der Waals surface area contributed by atoms with Crippen LogP contribution in [0.3, 0.4) is 0 Å². The summed E-state index contributed by atoms with van der Waals surface area (Å²) < 4.78 is 6.20. The monoisotopic (exact) mass is 344 g/mol. The average molecular weight is 345 g/mol. The molecular formula is C15H13BrN4O. The number of anilines is 1. The molecule has 6 heteroatoms. The molecule has 106 valence electrons. The van der Waals surface area contributed by atoms with Crippen LogP contribution in [-0.2, 0) is 6.54 Å². The second kappa shape index (κ2) is 6.05. The van der Waals surface area contributed by atoms with Crippen LogP contribution in [0.15, 0.2) is 51.6 Å². The number of aryl methyl sites for hydroxylation is 1. The molecule has 0 unspecified atom stereocenters. The molecule has 0 radical (unpaired) electrons. The zero-order chi connectivity index (χ0) is 14.7. The first-order chi connectivity index (χ1) is 10.2. The van der Waals surface area contributed by atoms with Gasteiger partial charge in [0.25, 0.3) is 5.89 Å². The molecule has 0 aliphatic rings. The van der Waals surface area contributed by atoms with Gasteiger partial charge in [-0.1, -0.05) is 17.3 Å². The van der Waals surface area contributed by atoms with Crippen LogP contribution in [0.1, 0.15) is 11.5 Å². The molecule has 0 saturated carbocycles. The molecule has 1 aromatic carbocycles. The van der Waals surface area contributed by atoms with Crippen molar-refractivity contribution >= 4 is 21.6 Å². The van der Waals surface area contributed by atoms with Gasteiger partial charge in [0.2, 0.25) is 0 Å². The van der Waals surface area contributed by atoms with E-state index < -0.39 is 0 Å². The van der Waals surface area contributed by atoms with E-state index in [0.717, 1.165) is 21.4 Å². The lowest BCUT2D eigenvalue weighted by Crippen LogP contribution is -2.02. The van der Waals surface area contributed by atoms with Crippen molar-refractivity contribution in [1.29, 1.82) is 0 Å². The van der Waals surface area contributed by atoms with Gasteiger partial charge in [-0.3, -0.25) is 4.98 Å². The molecule has 0 fully saturated rings. The van der Waals surface area contributed by atoms with Gasteiger partial charge in [-0.25, -0.2) is 0 Å². The predicted octanol–water partition coefficient (Wildman–Crippen LogP) is 3.81. The van der Waals surface area contributed by atoms with E-state index in [4.69, 9.17) is 4.52 Å². The zero-order valence-corrected chi connectivity index (χ0v) is 13.0. The molecule has 1 N–H and O–H groups in total. The quantitative estimate of drug-likeness (QED) is 0.779. The molecule has 3 aromatic rings. The third-order valence-corrected chi connectivity index (χ3v) is 3.40. The summed E-state index contributed by atoms with van der Waals surface area (Å²) >= 11 is 3.38. The van der Waals surface area contributed by atoms with Gasteiger partial charge in [-0.05, 0) is 47.1 Å². The molecule has 21 heavy (non-hydrogen) atoms. The van der Waals surface area contributed by atoms with Crippen LogP contribution in [-0.4, -0.2) is 15.1 Å². The van der Waals surface area contributed by atoms with Gasteiger partial charge in [-0.2, -0.15) is 4.98 Å². The highest BCUT2D eigenvalue weighted by molar-refractivity contribution is 9.10. The van der Waals surface area contributed by atoms with Gasteiger partial charge >= 0.3 is 0 Å². The SMILES string of the molecule is Cc1noc(-c2ccccc2NCc2ccc(Br)cn2)n1. The Labute approximate surface area is 130 Å². The number of pyridine rings is 1. The lowest BCUT2D eigenvalue weighted by Gasteiger charge is -2.09. The van der Waals surface area contributed by atoms with Crippen molar-refractivity contribution in [3.63, 3.8) is 0 Å². The van der Waals surface area contributed by atoms with Crippen LogP contribution >= 0.6 is 15.9 Å². The normalized spacial score (nSPS) is 10.6. The van der Waals surface area contributed by atoms with E-state index in [0.29, 0.717) is 18.3 Å². The number of para-hydroxylation sites is 1. The van der Waals surface area contributed by atoms with Crippen molar-refractivity contribution in [3.05, 3.63) is 58.6 Å². The number of halogens is 1. The summed E-state index contributed by atoms with van der Waals surface area (Å²) in [6.07, 6.45) is 1.78. The first kappa shape index (κ1) is 13.8. The Hall–Kier alpha value is -2.21. The summed E-state index contributed by atoms with van der Waals surface area (Å²) in [6, 6.07) is 11.8. The maximum atomic E-state index is 5.24. The summed E-state index contributed by atoms with van der Waals surface area (Å²) in [5.74, 6) is 1.13. The summed E-state index contributed by atoms with van der Waals surface area (Å²) in [7, 11) is 0. The lowest BCUT2D eigenvalue weighted by atomic mass is 10.1. The Balaban J connectivity index is 1.81. The fraction of sp³-hybridized carbons (Fsp3) is 0.133. The lowest BCUT2D eigenvalue weighted by molar-refractivity contribution is 0.426. The Bertz CT molecular complexity index is 739. The highest BCUT2D eigenvalue weighted by atomic mass is 79.9. The van der Waals surface area contributed by atoms with Gasteiger partial charge in [0.15, 0.2) is 5.82 Å². The fourth-order valence-electron chi connectivity index (χ4n) is 1.93. The average Bonchev–Trinajstić information content (AvgIpc) is 2.93. The maximum Gasteiger partial charge on any atom is 0.260 e. The number of hydrogen-bond acceptors (Lipinski definition) is 5. The van der Waals surface area contributed by atoms with E-state index in [1.807, 2.05) is 36.4 Å². The molecule has 3 rings (SSSR count). The smallest absolute Gasteiger partial charge is 0.260 e. The predicted molar refractivity (Wildman–Crippen MR) is 83.7 cm³/mol. The van der Waals surface area contributed by atoms with Crippen LogP contribution < -0.4 is 5.32 Å². The van der Waals surface area contributed by atoms with Crippen molar-refractivity contribution in [1.82, 2.24) is 15.1 Å². The molecule has 0 bridgehead atoms. The Morgan fingerprint density at radius 1 is 1.19 bits per heavy atom. The molecule has 2 aromatic heterocycles.